The molecule has 4 atom stereocenters. The topological polar surface area (TPSA) is 125 Å². The molecule has 0 bridgehead atoms. The predicted octanol–water partition coefficient (Wildman–Crippen LogP) is 6.37. The molecule has 1 aromatic heterocycles. The lowest BCUT2D eigenvalue weighted by molar-refractivity contribution is -0.146. The van der Waals surface area contributed by atoms with Crippen molar-refractivity contribution >= 4 is 58.1 Å². The van der Waals surface area contributed by atoms with Crippen LogP contribution in [0.15, 0.2) is 108 Å². The van der Waals surface area contributed by atoms with E-state index < -0.39 is 19.2 Å². The molecule has 61 heavy (non-hydrogen) atoms. The predicted molar refractivity (Wildman–Crippen MR) is 243 cm³/mol. The molecule has 9 rings (SSSR count). The number of amides is 2. The van der Waals surface area contributed by atoms with Gasteiger partial charge in [0.1, 0.15) is 11.3 Å². The SMILES string of the molecule is COc1ccc([Si](C)(C)[C@@H]2[C@@H](CCn3cc(CCO)nn3)O[C@]3(C(=O)N(Cc4ccc(N5CN(c6ccccc6)C6(CCNCC6)C5=O)cc4)c4ccc(Br)cc43)[C@H]2C)cc1. The number of piperidine rings is 1. The van der Waals surface area contributed by atoms with Crippen LogP contribution in [0.4, 0.5) is 17.1 Å². The minimum Gasteiger partial charge on any atom is -0.497 e. The quantitative estimate of drug-likeness (QED) is 0.138. The van der Waals surface area contributed by atoms with Crippen molar-refractivity contribution in [1.29, 1.82) is 0 Å². The van der Waals surface area contributed by atoms with Crippen LogP contribution in [0.5, 0.6) is 5.75 Å². The molecular weight excluding hydrogens is 851 g/mol. The van der Waals surface area contributed by atoms with E-state index in [1.165, 1.54) is 5.19 Å². The standard InChI is InChI=1S/C47H54BrN7O5Si/c1-32-43(61(3,4)39-17-15-38(59-2)16-18-39)42(20-26-52-30-35(21-27-56)50-51-52)60-47(32)40-28-34(48)12-19-41(40)53(45(47)58)29-33-10-13-36(14-11-33)54-31-55(37-8-6-5-7-9-37)46(44(54)57)22-24-49-25-23-46/h5-19,28,30,32,42-43,49,56H,20-27,29,31H2,1-4H3/t32-,42+,43-,47+/m0/s1. The van der Waals surface area contributed by atoms with Crippen LogP contribution in [-0.4, -0.2) is 85.1 Å². The first kappa shape index (κ1) is 41.5. The highest BCUT2D eigenvalue weighted by Gasteiger charge is 2.66. The Bertz CT molecular complexity index is 2390. The monoisotopic (exact) mass is 903 g/mol. The van der Waals surface area contributed by atoms with E-state index in [2.05, 4.69) is 86.8 Å². The fraction of sp³-hybridized carbons (Fsp3) is 0.404. The number of hydrogen-bond donors (Lipinski definition) is 2. The first-order valence-corrected chi connectivity index (χ1v) is 25.3. The molecule has 4 aliphatic rings. The minimum atomic E-state index is -2.36. The van der Waals surface area contributed by atoms with Crippen LogP contribution in [-0.2, 0) is 39.4 Å². The molecule has 3 saturated heterocycles. The van der Waals surface area contributed by atoms with Crippen molar-refractivity contribution in [3.8, 4) is 5.75 Å². The molecule has 5 aromatic rings. The molecular formula is C47H54BrN7O5Si. The number of ether oxygens (including phenoxy) is 2. The summed E-state index contributed by atoms with van der Waals surface area (Å²) in [6, 6.07) is 32.9. The van der Waals surface area contributed by atoms with Gasteiger partial charge in [-0.2, -0.15) is 0 Å². The minimum absolute atomic E-state index is 0.0102. The van der Waals surface area contributed by atoms with Gasteiger partial charge in [-0.25, -0.2) is 0 Å². The van der Waals surface area contributed by atoms with Crippen LogP contribution in [0.25, 0.3) is 0 Å². The first-order chi connectivity index (χ1) is 29.5. The highest BCUT2D eigenvalue weighted by Crippen LogP contribution is 2.60. The van der Waals surface area contributed by atoms with E-state index in [0.717, 1.165) is 70.0 Å². The molecule has 2 spiro atoms. The van der Waals surface area contributed by atoms with Gasteiger partial charge in [0.25, 0.3) is 11.8 Å². The average Bonchev–Trinajstić information content (AvgIpc) is 3.99. The smallest absolute Gasteiger partial charge is 0.264 e. The maximum atomic E-state index is 15.4. The third-order valence-corrected chi connectivity index (χ3v) is 18.8. The number of para-hydroxylation sites is 1. The Morgan fingerprint density at radius 2 is 1.69 bits per heavy atom. The highest BCUT2D eigenvalue weighted by molar-refractivity contribution is 9.10. The molecule has 0 aliphatic carbocycles. The number of nitrogens with zero attached hydrogens (tertiary/aromatic N) is 6. The zero-order valence-electron chi connectivity index (χ0n) is 35.3. The van der Waals surface area contributed by atoms with Crippen molar-refractivity contribution in [3.05, 3.63) is 125 Å². The van der Waals surface area contributed by atoms with Crippen molar-refractivity contribution in [2.24, 2.45) is 5.92 Å². The lowest BCUT2D eigenvalue weighted by Crippen LogP contribution is -2.55. The molecule has 3 fully saturated rings. The number of hydrogen-bond acceptors (Lipinski definition) is 9. The Morgan fingerprint density at radius 1 is 0.951 bits per heavy atom. The molecule has 0 saturated carbocycles. The molecule has 5 heterocycles. The number of aliphatic hydroxyl groups is 1. The lowest BCUT2D eigenvalue weighted by Gasteiger charge is -2.39. The van der Waals surface area contributed by atoms with Gasteiger partial charge in [-0.1, -0.05) is 88.8 Å². The van der Waals surface area contributed by atoms with E-state index in [9.17, 15) is 9.90 Å². The summed E-state index contributed by atoms with van der Waals surface area (Å²) < 4.78 is 15.6. The third-order valence-electron chi connectivity index (χ3n) is 13.9. The molecule has 4 aromatic carbocycles. The van der Waals surface area contributed by atoms with Gasteiger partial charge < -0.3 is 29.7 Å². The summed E-state index contributed by atoms with van der Waals surface area (Å²) in [5.74, 6) is 0.721. The number of aryl methyl sites for hydroxylation is 1. The van der Waals surface area contributed by atoms with Gasteiger partial charge in [0.05, 0.1) is 45.9 Å². The molecule has 0 radical (unpaired) electrons. The number of carbonyl (C=O) groups excluding carboxylic acids is 2. The maximum Gasteiger partial charge on any atom is 0.264 e. The van der Waals surface area contributed by atoms with Crippen molar-refractivity contribution < 1.29 is 24.2 Å². The summed E-state index contributed by atoms with van der Waals surface area (Å²) in [4.78, 5) is 35.9. The largest absolute Gasteiger partial charge is 0.497 e. The second kappa shape index (κ2) is 16.4. The normalized spacial score (nSPS) is 23.4. The van der Waals surface area contributed by atoms with Crippen LogP contribution in [0, 0.1) is 5.92 Å². The molecule has 12 nitrogen and oxygen atoms in total. The van der Waals surface area contributed by atoms with E-state index in [-0.39, 0.29) is 36.0 Å². The zero-order valence-corrected chi connectivity index (χ0v) is 37.8. The molecule has 2 amide bonds. The van der Waals surface area contributed by atoms with Crippen LogP contribution in [0.2, 0.25) is 18.6 Å². The second-order valence-electron chi connectivity index (χ2n) is 17.5. The Hall–Kier alpha value is -4.86. The fourth-order valence-corrected chi connectivity index (χ4v) is 15.2. The average molecular weight is 905 g/mol. The van der Waals surface area contributed by atoms with Gasteiger partial charge in [0, 0.05) is 53.1 Å². The third kappa shape index (κ3) is 7.09. The number of methoxy groups -OCH3 is 1. The number of anilines is 3. The zero-order chi connectivity index (χ0) is 42.5. The Kier molecular flexibility index (Phi) is 11.2. The number of fused-ring (bicyclic) bond motifs is 2. The summed E-state index contributed by atoms with van der Waals surface area (Å²) in [7, 11) is -0.675. The summed E-state index contributed by atoms with van der Waals surface area (Å²) in [5.41, 5.74) is 3.59. The van der Waals surface area contributed by atoms with Gasteiger partial charge >= 0.3 is 0 Å². The van der Waals surface area contributed by atoms with E-state index >= 15 is 4.79 Å². The fourth-order valence-electron chi connectivity index (χ4n) is 10.8. The Morgan fingerprint density at radius 3 is 2.39 bits per heavy atom. The molecule has 4 aliphatic heterocycles. The van der Waals surface area contributed by atoms with Crippen LogP contribution in [0.3, 0.4) is 0 Å². The van der Waals surface area contributed by atoms with E-state index in [1.807, 2.05) is 87.4 Å². The van der Waals surface area contributed by atoms with Gasteiger partial charge in [-0.15, -0.1) is 5.10 Å². The molecule has 14 heteroatoms. The van der Waals surface area contributed by atoms with Crippen LogP contribution >= 0.6 is 15.9 Å². The second-order valence-corrected chi connectivity index (χ2v) is 23.1. The molecule has 318 valence electrons. The number of aliphatic hydroxyl groups excluding tert-OH is 1. The van der Waals surface area contributed by atoms with E-state index in [1.54, 1.807) is 7.11 Å². The van der Waals surface area contributed by atoms with Crippen molar-refractivity contribution in [3.63, 3.8) is 0 Å². The van der Waals surface area contributed by atoms with Gasteiger partial charge in [-0.05, 0) is 98.1 Å². The van der Waals surface area contributed by atoms with Crippen LogP contribution in [0.1, 0.15) is 43.0 Å². The van der Waals surface area contributed by atoms with E-state index in [0.29, 0.717) is 32.6 Å². The summed E-state index contributed by atoms with van der Waals surface area (Å²) >= 11 is 3.74. The summed E-state index contributed by atoms with van der Waals surface area (Å²) in [6.07, 6.45) is 4.21. The maximum absolute atomic E-state index is 15.4. The summed E-state index contributed by atoms with van der Waals surface area (Å²) in [6.45, 7) is 9.98. The Labute approximate surface area is 367 Å². The number of nitrogens with one attached hydrogen (secondary N) is 1. The van der Waals surface area contributed by atoms with Crippen LogP contribution < -0.4 is 29.9 Å². The first-order valence-electron chi connectivity index (χ1n) is 21.4. The highest BCUT2D eigenvalue weighted by atomic mass is 79.9. The number of halogens is 1. The van der Waals surface area contributed by atoms with Crippen molar-refractivity contribution in [1.82, 2.24) is 20.3 Å². The number of rotatable bonds is 12. The number of carbonyl (C=O) groups is 2. The van der Waals surface area contributed by atoms with Crippen molar-refractivity contribution in [2.75, 3.05) is 48.2 Å². The van der Waals surface area contributed by atoms with Gasteiger partial charge in [-0.3, -0.25) is 19.2 Å². The Balaban J connectivity index is 1.02. The van der Waals surface area contributed by atoms with Gasteiger partial charge in [0.15, 0.2) is 5.60 Å². The number of benzene rings is 4. The molecule has 2 N–H and O–H groups in total. The lowest BCUT2D eigenvalue weighted by atomic mass is 9.82. The van der Waals surface area contributed by atoms with Crippen molar-refractivity contribution in [2.45, 2.75) is 81.6 Å². The summed E-state index contributed by atoms with van der Waals surface area (Å²) in [5, 5.41) is 22.8. The van der Waals surface area contributed by atoms with E-state index in [4.69, 9.17) is 9.47 Å². The molecule has 0 unspecified atom stereocenters. The van der Waals surface area contributed by atoms with Gasteiger partial charge in [0.2, 0.25) is 0 Å². The number of aromatic nitrogens is 3.